The van der Waals surface area contributed by atoms with Gasteiger partial charge in [-0.1, -0.05) is 40.7 Å². The summed E-state index contributed by atoms with van der Waals surface area (Å²) in [6, 6.07) is -0.195. The zero-order valence-electron chi connectivity index (χ0n) is 27.8. The number of epoxide rings is 1. The summed E-state index contributed by atoms with van der Waals surface area (Å²) in [5.74, 6) is 0.212. The van der Waals surface area contributed by atoms with Crippen LogP contribution < -0.4 is 0 Å². The van der Waals surface area contributed by atoms with Gasteiger partial charge in [-0.25, -0.2) is 17.7 Å². The predicted molar refractivity (Wildman–Crippen MR) is 177 cm³/mol. The van der Waals surface area contributed by atoms with Gasteiger partial charge in [0.2, 0.25) is 10.0 Å². The molecule has 240 valence electrons. The van der Waals surface area contributed by atoms with E-state index in [-0.39, 0.29) is 51.4 Å². The van der Waals surface area contributed by atoms with Gasteiger partial charge in [-0.3, -0.25) is 4.79 Å². The Morgan fingerprint density at radius 2 is 2.00 bits per heavy atom. The summed E-state index contributed by atoms with van der Waals surface area (Å²) in [4.78, 5) is 17.9. The van der Waals surface area contributed by atoms with Crippen molar-refractivity contribution in [3.63, 3.8) is 0 Å². The Hall–Kier alpha value is -1.33. The van der Waals surface area contributed by atoms with Crippen molar-refractivity contribution in [2.75, 3.05) is 5.75 Å². The molecule has 2 saturated carbocycles. The zero-order chi connectivity index (χ0) is 31.8. The minimum absolute atomic E-state index is 0.0464. The molecule has 2 saturated heterocycles. The summed E-state index contributed by atoms with van der Waals surface area (Å²) in [7, 11) is -5.64. The van der Waals surface area contributed by atoms with Crippen LogP contribution in [0.15, 0.2) is 23.1 Å². The number of carbonyl (C=O) groups is 1. The smallest absolute Gasteiger partial charge is 0.259 e. The molecule has 0 radical (unpaired) electrons. The van der Waals surface area contributed by atoms with Crippen LogP contribution in [0.2, 0.25) is 18.1 Å². The third kappa shape index (κ3) is 5.88. The van der Waals surface area contributed by atoms with Crippen molar-refractivity contribution >= 4 is 41.7 Å². The Kier molecular flexibility index (Phi) is 8.37. The summed E-state index contributed by atoms with van der Waals surface area (Å²) < 4.78 is 40.8. The highest BCUT2D eigenvalue weighted by Crippen LogP contribution is 2.70. The zero-order valence-corrected chi connectivity index (χ0v) is 30.5. The van der Waals surface area contributed by atoms with Crippen molar-refractivity contribution in [3.05, 3.63) is 33.8 Å². The summed E-state index contributed by atoms with van der Waals surface area (Å²) >= 11 is 1.65. The van der Waals surface area contributed by atoms with Crippen LogP contribution in [0.25, 0.3) is 6.08 Å². The lowest BCUT2D eigenvalue weighted by atomic mass is 9.69. The van der Waals surface area contributed by atoms with Gasteiger partial charge in [0.15, 0.2) is 8.32 Å². The van der Waals surface area contributed by atoms with Crippen LogP contribution in [-0.4, -0.2) is 61.5 Å². The van der Waals surface area contributed by atoms with Gasteiger partial charge >= 0.3 is 0 Å². The van der Waals surface area contributed by atoms with E-state index in [0.29, 0.717) is 12.3 Å². The van der Waals surface area contributed by atoms with E-state index in [4.69, 9.17) is 9.16 Å². The van der Waals surface area contributed by atoms with E-state index >= 15 is 0 Å². The number of carbonyl (C=O) groups excluding carboxylic acids is 1. The second-order valence-electron chi connectivity index (χ2n) is 15.9. The molecule has 1 aromatic rings. The third-order valence-electron chi connectivity index (χ3n) is 11.9. The van der Waals surface area contributed by atoms with Gasteiger partial charge < -0.3 is 9.16 Å². The first kappa shape index (κ1) is 33.0. The van der Waals surface area contributed by atoms with E-state index in [2.05, 4.69) is 78.0 Å². The number of nitrogens with zero attached hydrogens (tertiary/aromatic N) is 2. The maximum atomic E-state index is 13.3. The first-order valence-electron chi connectivity index (χ1n) is 15.9. The first-order valence-corrected chi connectivity index (χ1v) is 21.3. The van der Waals surface area contributed by atoms with E-state index in [1.165, 1.54) is 10.4 Å². The van der Waals surface area contributed by atoms with E-state index in [9.17, 15) is 13.2 Å². The van der Waals surface area contributed by atoms with Crippen molar-refractivity contribution < 1.29 is 22.4 Å². The number of thiazole rings is 1. The Labute approximate surface area is 264 Å². The van der Waals surface area contributed by atoms with E-state index in [1.54, 1.807) is 11.3 Å². The number of hydrogen-bond donors (Lipinski definition) is 0. The number of aryl methyl sites for hydroxylation is 1. The van der Waals surface area contributed by atoms with Crippen molar-refractivity contribution in [1.82, 2.24) is 9.29 Å². The number of rotatable bonds is 10. The molecular weight excluding hydrogens is 597 g/mol. The maximum absolute atomic E-state index is 13.3. The van der Waals surface area contributed by atoms with Crippen LogP contribution in [0.3, 0.4) is 0 Å². The molecule has 1 aromatic heterocycles. The first-order chi connectivity index (χ1) is 19.7. The monoisotopic (exact) mass is 648 g/mol. The van der Waals surface area contributed by atoms with Gasteiger partial charge in [0.25, 0.3) is 5.91 Å². The summed E-state index contributed by atoms with van der Waals surface area (Å²) in [5.41, 5.74) is 1.49. The van der Waals surface area contributed by atoms with Crippen LogP contribution in [0, 0.1) is 23.7 Å². The second-order valence-corrected chi connectivity index (χ2v) is 23.6. The van der Waals surface area contributed by atoms with Gasteiger partial charge in [0.05, 0.1) is 40.3 Å². The maximum Gasteiger partial charge on any atom is 0.259 e. The van der Waals surface area contributed by atoms with Crippen LogP contribution in [0.1, 0.15) is 97.7 Å². The van der Waals surface area contributed by atoms with Crippen molar-refractivity contribution in [1.29, 1.82) is 0 Å². The Balaban J connectivity index is 1.21. The fraction of sp³-hybridized carbons (Fsp3) is 0.758. The topological polar surface area (TPSA) is 89.1 Å². The summed E-state index contributed by atoms with van der Waals surface area (Å²) in [5, 5.41) is 3.22. The Morgan fingerprint density at radius 1 is 1.30 bits per heavy atom. The molecule has 5 rings (SSSR count). The van der Waals surface area contributed by atoms with Gasteiger partial charge in [-0.15, -0.1) is 11.3 Å². The second kappa shape index (κ2) is 10.9. The van der Waals surface area contributed by atoms with E-state index in [1.807, 2.05) is 13.0 Å². The minimum Gasteiger partial charge on any atom is -0.410 e. The molecule has 4 fully saturated rings. The Bertz CT molecular complexity index is 1420. The highest BCUT2D eigenvalue weighted by molar-refractivity contribution is 7.90. The molecule has 4 aliphatic rings. The molecule has 2 aliphatic heterocycles. The highest BCUT2D eigenvalue weighted by Gasteiger charge is 2.72. The van der Waals surface area contributed by atoms with Gasteiger partial charge in [0.1, 0.15) is 0 Å². The van der Waals surface area contributed by atoms with Crippen molar-refractivity contribution in [3.8, 4) is 0 Å². The summed E-state index contributed by atoms with van der Waals surface area (Å²) in [6.45, 7) is 22.0. The number of amides is 1. The van der Waals surface area contributed by atoms with Gasteiger partial charge in [-0.05, 0) is 94.0 Å². The molecule has 0 N–H and O–H groups in total. The van der Waals surface area contributed by atoms with Crippen LogP contribution >= 0.6 is 11.3 Å². The molecule has 2 bridgehead atoms. The molecule has 1 amide bonds. The largest absolute Gasteiger partial charge is 0.410 e. The number of sulfonamides is 1. The number of allylic oxidation sites excluding steroid dienone is 1. The standard InChI is InChI=1S/C33H52N2O5S2Si/c1-22(17-25-20-41-23(2)34-25)26(40-43(9,10)30(3,4)5)19-28-32(8,39-28)15-12-11-13-29(36)35-27-18-24-14-16-33(27,31(24,6)7)21-42(35,37)38/h11,13,17,20,24,26-28H,12,14-16,18-19,21H2,1-10H3/b13-11+,22-17+/t24-,26-,27-,28-,32+,33-/m0/s1. The number of ether oxygens (including phenoxy) is 1. The average molecular weight is 649 g/mol. The lowest BCUT2D eigenvalue weighted by Crippen LogP contribution is -2.44. The molecular formula is C33H52N2O5S2Si. The molecule has 0 aromatic carbocycles. The molecule has 3 heterocycles. The van der Waals surface area contributed by atoms with Crippen LogP contribution in [0.4, 0.5) is 0 Å². The molecule has 2 aliphatic carbocycles. The molecule has 0 unspecified atom stereocenters. The number of fused-ring (bicyclic) bond motifs is 1. The minimum atomic E-state index is -3.60. The fourth-order valence-corrected chi connectivity index (χ4v) is 12.3. The lowest BCUT2D eigenvalue weighted by Gasteiger charge is -2.39. The summed E-state index contributed by atoms with van der Waals surface area (Å²) in [6.07, 6.45) is 10.4. The highest BCUT2D eigenvalue weighted by atomic mass is 32.2. The van der Waals surface area contributed by atoms with E-state index < -0.39 is 18.3 Å². The molecule has 7 nitrogen and oxygen atoms in total. The average Bonchev–Trinajstić information content (AvgIpc) is 3.08. The van der Waals surface area contributed by atoms with Crippen molar-refractivity contribution in [2.45, 2.75) is 136 Å². The number of aromatic nitrogens is 1. The normalized spacial score (nSPS) is 33.8. The van der Waals surface area contributed by atoms with Crippen LogP contribution in [-0.2, 0) is 24.0 Å². The number of hydrogen-bond acceptors (Lipinski definition) is 7. The fourth-order valence-electron chi connectivity index (χ4n) is 7.84. The molecule has 1 spiro atoms. The van der Waals surface area contributed by atoms with Crippen molar-refractivity contribution in [2.24, 2.45) is 16.7 Å². The SMILES string of the molecule is C/C(=C\c1csc(C)n1)[C@H](C[C@@H]1O[C@]1(C)CC/C=C/C(=O)N1[C@H]2C[C@@H]3CC[C@@]2(CS1(=O)=O)C3(C)C)O[Si](C)(C)C(C)(C)C. The molecule has 10 heteroatoms. The molecule has 43 heavy (non-hydrogen) atoms. The quantitative estimate of drug-likeness (QED) is 0.148. The molecule has 6 atom stereocenters. The van der Waals surface area contributed by atoms with Gasteiger partial charge in [-0.2, -0.15) is 0 Å². The van der Waals surface area contributed by atoms with Crippen LogP contribution in [0.5, 0.6) is 0 Å². The third-order valence-corrected chi connectivity index (χ3v) is 19.1. The predicted octanol–water partition coefficient (Wildman–Crippen LogP) is 7.50. The lowest BCUT2D eigenvalue weighted by molar-refractivity contribution is -0.124. The van der Waals surface area contributed by atoms with E-state index in [0.717, 1.165) is 48.4 Å². The Morgan fingerprint density at radius 3 is 2.60 bits per heavy atom. The van der Waals surface area contributed by atoms with Gasteiger partial charge in [0, 0.05) is 23.3 Å².